The van der Waals surface area contributed by atoms with Gasteiger partial charge in [-0.2, -0.15) is 8.78 Å². The summed E-state index contributed by atoms with van der Waals surface area (Å²) in [5.74, 6) is -2.06. The van der Waals surface area contributed by atoms with Crippen LogP contribution in [0.25, 0.3) is 17.3 Å². The van der Waals surface area contributed by atoms with E-state index in [4.69, 9.17) is 26.7 Å². The molecule has 11 heteroatoms. The molecule has 41 heavy (non-hydrogen) atoms. The Kier molecular flexibility index (Phi) is 7.56. The fourth-order valence-electron chi connectivity index (χ4n) is 4.71. The maximum atomic E-state index is 14.9. The van der Waals surface area contributed by atoms with Crippen LogP contribution in [0.3, 0.4) is 0 Å². The Morgan fingerprint density at radius 2 is 1.95 bits per heavy atom. The van der Waals surface area contributed by atoms with Gasteiger partial charge in [-0.15, -0.1) is 0 Å². The van der Waals surface area contributed by atoms with Crippen molar-refractivity contribution in [3.8, 4) is 22.8 Å². The zero-order valence-electron chi connectivity index (χ0n) is 22.7. The van der Waals surface area contributed by atoms with Gasteiger partial charge in [0.1, 0.15) is 23.0 Å². The molecule has 2 atom stereocenters. The van der Waals surface area contributed by atoms with E-state index in [2.05, 4.69) is 10.3 Å². The number of benzene rings is 2. The van der Waals surface area contributed by atoms with Gasteiger partial charge in [0.15, 0.2) is 0 Å². The molecule has 1 fully saturated rings. The van der Waals surface area contributed by atoms with E-state index >= 15 is 0 Å². The molecule has 7 N–H and O–H groups in total. The van der Waals surface area contributed by atoms with E-state index in [-0.39, 0.29) is 23.3 Å². The number of halogens is 3. The first-order valence-corrected chi connectivity index (χ1v) is 13.3. The number of ether oxygens (including phenoxy) is 2. The first-order chi connectivity index (χ1) is 19.4. The van der Waals surface area contributed by atoms with Crippen molar-refractivity contribution in [3.05, 3.63) is 76.4 Å². The van der Waals surface area contributed by atoms with Crippen LogP contribution in [0.2, 0.25) is 0 Å². The lowest BCUT2D eigenvalue weighted by atomic mass is 9.94. The van der Waals surface area contributed by atoms with Crippen molar-refractivity contribution in [1.29, 1.82) is 0 Å². The number of alkyl halides is 2. The monoisotopic (exact) mass is 567 g/mol. The molecule has 0 radical (unpaired) electrons. The Bertz CT molecular complexity index is 1500. The summed E-state index contributed by atoms with van der Waals surface area (Å²) >= 11 is 0. The first kappa shape index (κ1) is 28.3. The summed E-state index contributed by atoms with van der Waals surface area (Å²) in [7, 11) is 0. The summed E-state index contributed by atoms with van der Waals surface area (Å²) < 4.78 is 55.0. The topological polar surface area (TPSA) is 139 Å². The molecule has 3 aromatic rings. The van der Waals surface area contributed by atoms with Crippen molar-refractivity contribution in [2.75, 3.05) is 18.9 Å². The minimum absolute atomic E-state index is 0.0132. The van der Waals surface area contributed by atoms with Crippen LogP contribution in [0.4, 0.5) is 18.9 Å². The Hall–Kier alpha value is -4.25. The number of fused-ring (bicyclic) bond motifs is 1. The summed E-state index contributed by atoms with van der Waals surface area (Å²) in [5.41, 5.74) is 20.3. The van der Waals surface area contributed by atoms with Gasteiger partial charge in [0.2, 0.25) is 0 Å². The van der Waals surface area contributed by atoms with Crippen LogP contribution in [-0.2, 0) is 0 Å². The lowest BCUT2D eigenvalue weighted by Crippen LogP contribution is -2.43. The SMILES string of the molecule is C/C(N)=C/c1cc(C(=O)NCC(c2cc3c(c(-c4ccc(F)cc4)n2)OCC3C)C(N)(F)F)cc(OC2CC2)c1N. The van der Waals surface area contributed by atoms with Crippen molar-refractivity contribution in [3.63, 3.8) is 0 Å². The summed E-state index contributed by atoms with van der Waals surface area (Å²) in [6, 6.07) is 6.33. The third-order valence-electron chi connectivity index (χ3n) is 7.07. The normalized spacial score (nSPS) is 17.5. The summed E-state index contributed by atoms with van der Waals surface area (Å²) in [6.45, 7) is 3.41. The van der Waals surface area contributed by atoms with Crippen LogP contribution in [0, 0.1) is 5.82 Å². The van der Waals surface area contributed by atoms with E-state index in [1.807, 2.05) is 6.92 Å². The lowest BCUT2D eigenvalue weighted by molar-refractivity contribution is -0.0216. The molecule has 8 nitrogen and oxygen atoms in total. The maximum absolute atomic E-state index is 14.9. The van der Waals surface area contributed by atoms with Crippen LogP contribution >= 0.6 is 0 Å². The van der Waals surface area contributed by atoms with Gasteiger partial charge in [-0.1, -0.05) is 6.92 Å². The van der Waals surface area contributed by atoms with Gasteiger partial charge in [0, 0.05) is 40.4 Å². The molecule has 1 saturated carbocycles. The van der Waals surface area contributed by atoms with Gasteiger partial charge in [0.25, 0.3) is 5.91 Å². The standard InChI is InChI=1S/C30H32F3N5O3/c1-15-14-40-28-22(15)12-24(38-27(28)17-3-5-20(31)6-4-17)23(30(32,33)36)13-37-29(39)19-10-18(9-16(2)34)26(35)25(11-19)41-21-7-8-21/h3-6,9-12,15,21,23H,7-8,13-14,34-36H2,1-2H3,(H,37,39)/b16-9-. The Morgan fingerprint density at radius 1 is 1.24 bits per heavy atom. The quantitative estimate of drug-likeness (QED) is 0.213. The molecule has 1 amide bonds. The predicted molar refractivity (Wildman–Crippen MR) is 150 cm³/mol. The third-order valence-corrected chi connectivity index (χ3v) is 7.07. The summed E-state index contributed by atoms with van der Waals surface area (Å²) in [5, 5.41) is 2.58. The maximum Gasteiger partial charge on any atom is 0.310 e. The summed E-state index contributed by atoms with van der Waals surface area (Å²) in [6.07, 6.45) is 3.37. The number of hydrogen-bond donors (Lipinski definition) is 4. The van der Waals surface area contributed by atoms with E-state index < -0.39 is 30.2 Å². The number of amides is 1. The average Bonchev–Trinajstić information content (AvgIpc) is 3.65. The largest absolute Gasteiger partial charge is 0.490 e. The molecule has 1 aliphatic carbocycles. The summed E-state index contributed by atoms with van der Waals surface area (Å²) in [4.78, 5) is 17.7. The van der Waals surface area contributed by atoms with Crippen molar-refractivity contribution in [2.24, 2.45) is 11.5 Å². The number of carbonyl (C=O) groups is 1. The Balaban J connectivity index is 1.47. The molecule has 2 aliphatic rings. The van der Waals surface area contributed by atoms with E-state index in [0.29, 0.717) is 51.9 Å². The molecule has 2 aromatic carbocycles. The Morgan fingerprint density at radius 3 is 2.59 bits per heavy atom. The third kappa shape index (κ3) is 6.25. The predicted octanol–water partition coefficient (Wildman–Crippen LogP) is 4.89. The zero-order valence-corrected chi connectivity index (χ0v) is 22.7. The smallest absolute Gasteiger partial charge is 0.310 e. The molecule has 0 bridgehead atoms. The highest BCUT2D eigenvalue weighted by Gasteiger charge is 2.40. The molecule has 0 saturated heterocycles. The highest BCUT2D eigenvalue weighted by Crippen LogP contribution is 2.43. The number of nitrogen functional groups attached to an aromatic ring is 1. The average molecular weight is 568 g/mol. The molecule has 1 aliphatic heterocycles. The minimum atomic E-state index is -3.73. The number of anilines is 1. The van der Waals surface area contributed by atoms with E-state index in [1.165, 1.54) is 42.5 Å². The highest BCUT2D eigenvalue weighted by molar-refractivity contribution is 5.96. The van der Waals surface area contributed by atoms with Crippen molar-refractivity contribution >= 4 is 17.7 Å². The molecule has 0 spiro atoms. The van der Waals surface area contributed by atoms with Gasteiger partial charge < -0.3 is 26.3 Å². The fourth-order valence-corrected chi connectivity index (χ4v) is 4.71. The second-order valence-corrected chi connectivity index (χ2v) is 10.7. The molecule has 5 rings (SSSR count). The van der Waals surface area contributed by atoms with Crippen LogP contribution in [0.5, 0.6) is 11.5 Å². The van der Waals surface area contributed by atoms with Crippen molar-refractivity contribution in [2.45, 2.75) is 50.7 Å². The number of pyridine rings is 1. The van der Waals surface area contributed by atoms with E-state index in [0.717, 1.165) is 12.8 Å². The number of nitrogens with one attached hydrogen (secondary N) is 1. The van der Waals surface area contributed by atoms with Crippen LogP contribution < -0.4 is 32.0 Å². The van der Waals surface area contributed by atoms with Gasteiger partial charge in [-0.3, -0.25) is 10.5 Å². The highest BCUT2D eigenvalue weighted by atomic mass is 19.3. The number of carbonyl (C=O) groups excluding carboxylic acids is 1. The molecular formula is C30H32F3N5O3. The van der Waals surface area contributed by atoms with Crippen molar-refractivity contribution in [1.82, 2.24) is 10.3 Å². The number of rotatable bonds is 9. The molecular weight excluding hydrogens is 535 g/mol. The number of allylic oxidation sites excluding steroid dienone is 1. The number of nitrogens with two attached hydrogens (primary N) is 3. The van der Waals surface area contributed by atoms with Gasteiger partial charge in [0.05, 0.1) is 30.0 Å². The van der Waals surface area contributed by atoms with Crippen LogP contribution in [-0.4, -0.2) is 36.2 Å². The van der Waals surface area contributed by atoms with E-state index in [9.17, 15) is 18.0 Å². The van der Waals surface area contributed by atoms with Gasteiger partial charge in [-0.05, 0) is 68.3 Å². The number of aromatic nitrogens is 1. The number of nitrogens with zero attached hydrogens (tertiary/aromatic N) is 1. The molecule has 1 aromatic heterocycles. The molecule has 216 valence electrons. The minimum Gasteiger partial charge on any atom is -0.490 e. The van der Waals surface area contributed by atoms with Gasteiger partial charge >= 0.3 is 6.05 Å². The lowest BCUT2D eigenvalue weighted by Gasteiger charge is -2.25. The van der Waals surface area contributed by atoms with E-state index in [1.54, 1.807) is 13.0 Å². The zero-order chi connectivity index (χ0) is 29.5. The van der Waals surface area contributed by atoms with Crippen LogP contribution in [0.15, 0.2) is 48.2 Å². The second kappa shape index (κ2) is 11.0. The fraction of sp³-hybridized carbons (Fsp3) is 0.333. The molecule has 2 heterocycles. The van der Waals surface area contributed by atoms with Crippen LogP contribution in [0.1, 0.15) is 65.7 Å². The van der Waals surface area contributed by atoms with Crippen molar-refractivity contribution < 1.29 is 27.4 Å². The second-order valence-electron chi connectivity index (χ2n) is 10.7. The Labute approximate surface area is 235 Å². The van der Waals surface area contributed by atoms with Gasteiger partial charge in [-0.25, -0.2) is 9.37 Å². The number of hydrogen-bond acceptors (Lipinski definition) is 7. The first-order valence-electron chi connectivity index (χ1n) is 13.3. The molecule has 2 unspecified atom stereocenters.